The summed E-state index contributed by atoms with van der Waals surface area (Å²) in [7, 11) is 0. The van der Waals surface area contributed by atoms with Gasteiger partial charge in [-0.15, -0.1) is 0 Å². The van der Waals surface area contributed by atoms with E-state index in [2.05, 4.69) is 0 Å². The Morgan fingerprint density at radius 2 is 0.447 bits per heavy atom. The third-order valence-electron chi connectivity index (χ3n) is 17.5. The zero-order valence-electron chi connectivity index (χ0n) is 56.3. The normalized spacial score (nSPS) is 11.2. The molecule has 4 N–H and O–H groups in total. The van der Waals surface area contributed by atoms with E-state index in [1.54, 1.807) is 0 Å². The number of hydrogen-bond acceptors (Lipinski definition) is 12. The maximum absolute atomic E-state index is 14.2. The number of carboxylic acids is 4. The standard InChI is InChI=1S/C53H68O8.C25H44O8/c54-49(58-41-45-29-17-13-18-30-45)37-25-9-5-1-3-7-11-27-39-53(51(56)60-43-47-33-21-15-22-34-47,52(57)61-44-48-35-23-16-24-36-48)40-28-12-8-4-2-6-10-26-38-50(55)59-42-46-31-19-14-20-32-46;26-21(27)17-13-9-5-1-3-7-11-15-19-25(23(30)31,24(32)33)20-16-12-8-4-2-6-10-14-18-22(28)29/h13-24,29-36H,1-12,25-28,37-44H2;1-20H2,(H,26,27)(H,28,29)(H,30,31)(H,32,33). The molecule has 0 aromatic heterocycles. The number of esters is 4. The summed E-state index contributed by atoms with van der Waals surface area (Å²) < 4.78 is 22.7. The summed E-state index contributed by atoms with van der Waals surface area (Å²) >= 11 is 0. The van der Waals surface area contributed by atoms with Crippen LogP contribution < -0.4 is 0 Å². The van der Waals surface area contributed by atoms with E-state index in [0.717, 1.165) is 189 Å². The first-order valence-corrected chi connectivity index (χ1v) is 35.4. The first-order chi connectivity index (χ1) is 45.7. The minimum absolute atomic E-state index is 0.100. The lowest BCUT2D eigenvalue weighted by Crippen LogP contribution is -2.42. The lowest BCUT2D eigenvalue weighted by Gasteiger charge is -2.30. The fraction of sp³-hybridized carbons (Fsp3) is 0.590. The summed E-state index contributed by atoms with van der Waals surface area (Å²) in [6.45, 7) is 0.831. The molecule has 0 unspecified atom stereocenters. The number of ether oxygens (including phenoxy) is 4. The Balaban J connectivity index is 0.000000591. The fourth-order valence-electron chi connectivity index (χ4n) is 11.6. The molecule has 520 valence electrons. The van der Waals surface area contributed by atoms with Crippen LogP contribution in [-0.4, -0.2) is 68.2 Å². The molecule has 0 fully saturated rings. The minimum atomic E-state index is -1.70. The maximum Gasteiger partial charge on any atom is 0.323 e. The van der Waals surface area contributed by atoms with Gasteiger partial charge in [-0.05, 0) is 73.6 Å². The third-order valence-corrected chi connectivity index (χ3v) is 17.5. The van der Waals surface area contributed by atoms with Crippen LogP contribution >= 0.6 is 0 Å². The molecule has 0 aliphatic heterocycles. The summed E-state index contributed by atoms with van der Waals surface area (Å²) in [5, 5.41) is 36.5. The van der Waals surface area contributed by atoms with Gasteiger partial charge in [0.2, 0.25) is 0 Å². The van der Waals surface area contributed by atoms with Crippen molar-refractivity contribution < 1.29 is 77.7 Å². The number of carbonyl (C=O) groups is 8. The monoisotopic (exact) mass is 1300 g/mol. The Bertz CT molecular complexity index is 2480. The zero-order valence-corrected chi connectivity index (χ0v) is 56.3. The van der Waals surface area contributed by atoms with E-state index in [1.807, 2.05) is 121 Å². The summed E-state index contributed by atoms with van der Waals surface area (Å²) in [4.78, 5) is 97.2. The third kappa shape index (κ3) is 38.1. The maximum atomic E-state index is 14.2. The molecule has 4 aromatic rings. The zero-order chi connectivity index (χ0) is 68.0. The van der Waals surface area contributed by atoms with Crippen LogP contribution in [0.5, 0.6) is 0 Å². The highest BCUT2D eigenvalue weighted by molar-refractivity contribution is 6.00. The number of carbonyl (C=O) groups excluding carboxylic acids is 4. The van der Waals surface area contributed by atoms with E-state index in [0.29, 0.717) is 77.4 Å². The molecule has 0 aliphatic carbocycles. The molecule has 4 rings (SSSR count). The average Bonchev–Trinajstić information content (AvgIpc) is 0.823. The lowest BCUT2D eigenvalue weighted by molar-refractivity contribution is -0.176. The Kier molecular flexibility index (Phi) is 44.7. The highest BCUT2D eigenvalue weighted by Crippen LogP contribution is 2.37. The SMILES string of the molecule is O=C(CCCCCCCCCCC(CCCCCCCCCCC(=O)OCc1ccccc1)(C(=O)OCc1ccccc1)C(=O)OCc1ccccc1)OCc1ccccc1.O=C(O)CCCCCCCCCCC(CCCCCCCCCCC(=O)O)(C(=O)O)C(=O)O. The molecule has 16 heteroatoms. The molecule has 0 bridgehead atoms. The Morgan fingerprint density at radius 3 is 0.681 bits per heavy atom. The predicted octanol–water partition coefficient (Wildman–Crippen LogP) is 18.9. The van der Waals surface area contributed by atoms with Crippen LogP contribution in [0.25, 0.3) is 0 Å². The molecule has 0 spiro atoms. The highest BCUT2D eigenvalue weighted by atomic mass is 16.6. The summed E-state index contributed by atoms with van der Waals surface area (Å²) in [5.41, 5.74) is 0.647. The Morgan fingerprint density at radius 1 is 0.245 bits per heavy atom. The van der Waals surface area contributed by atoms with Crippen LogP contribution in [0.3, 0.4) is 0 Å². The highest BCUT2D eigenvalue weighted by Gasteiger charge is 2.48. The molecule has 0 radical (unpaired) electrons. The molecule has 0 saturated heterocycles. The van der Waals surface area contributed by atoms with Gasteiger partial charge in [-0.25, -0.2) is 0 Å². The molecule has 0 aliphatic rings. The molecule has 0 saturated carbocycles. The molecule has 16 nitrogen and oxygen atoms in total. The summed E-state index contributed by atoms with van der Waals surface area (Å²) in [6.07, 6.45) is 31.4. The van der Waals surface area contributed by atoms with Crippen molar-refractivity contribution in [3.63, 3.8) is 0 Å². The van der Waals surface area contributed by atoms with Crippen molar-refractivity contribution in [2.24, 2.45) is 10.8 Å². The number of carboxylic acid groups (broad SMARTS) is 4. The van der Waals surface area contributed by atoms with Crippen LogP contribution in [-0.2, 0) is 83.7 Å². The van der Waals surface area contributed by atoms with Crippen LogP contribution in [0.4, 0.5) is 0 Å². The van der Waals surface area contributed by atoms with Gasteiger partial charge in [-0.1, -0.05) is 301 Å². The van der Waals surface area contributed by atoms with Gasteiger partial charge in [0, 0.05) is 25.7 Å². The molecule has 0 atom stereocenters. The van der Waals surface area contributed by atoms with Crippen LogP contribution in [0.15, 0.2) is 121 Å². The average molecular weight is 1310 g/mol. The first-order valence-electron chi connectivity index (χ1n) is 35.4. The van der Waals surface area contributed by atoms with Crippen LogP contribution in [0.1, 0.15) is 279 Å². The summed E-state index contributed by atoms with van der Waals surface area (Å²) in [5.74, 6) is -5.32. The van der Waals surface area contributed by atoms with Gasteiger partial charge < -0.3 is 39.4 Å². The Hall–Kier alpha value is -7.36. The van der Waals surface area contributed by atoms with Gasteiger partial charge in [0.1, 0.15) is 26.4 Å². The van der Waals surface area contributed by atoms with Gasteiger partial charge in [-0.2, -0.15) is 0 Å². The van der Waals surface area contributed by atoms with Gasteiger partial charge in [0.15, 0.2) is 10.8 Å². The predicted molar refractivity (Wildman–Crippen MR) is 365 cm³/mol. The number of rotatable bonds is 56. The van der Waals surface area contributed by atoms with Gasteiger partial charge in [0.05, 0.1) is 0 Å². The molecule has 0 heterocycles. The fourth-order valence-corrected chi connectivity index (χ4v) is 11.6. The van der Waals surface area contributed by atoms with Gasteiger partial charge >= 0.3 is 47.8 Å². The number of hydrogen-bond donors (Lipinski definition) is 4. The van der Waals surface area contributed by atoms with Crippen LogP contribution in [0.2, 0.25) is 0 Å². The topological polar surface area (TPSA) is 254 Å². The van der Waals surface area contributed by atoms with E-state index >= 15 is 0 Å². The Labute approximate surface area is 560 Å². The second-order valence-corrected chi connectivity index (χ2v) is 25.3. The van der Waals surface area contributed by atoms with E-state index in [9.17, 15) is 48.6 Å². The molecular formula is C78H112O16. The van der Waals surface area contributed by atoms with Crippen LogP contribution in [0, 0.1) is 10.8 Å². The second kappa shape index (κ2) is 52.0. The van der Waals surface area contributed by atoms with E-state index in [-0.39, 0.29) is 50.8 Å². The first kappa shape index (κ1) is 80.9. The largest absolute Gasteiger partial charge is 0.481 e. The molecule has 94 heavy (non-hydrogen) atoms. The van der Waals surface area contributed by atoms with Gasteiger partial charge in [-0.3, -0.25) is 38.4 Å². The van der Waals surface area contributed by atoms with E-state index in [4.69, 9.17) is 29.2 Å². The quantitative estimate of drug-likeness (QED) is 0.0139. The minimum Gasteiger partial charge on any atom is -0.481 e. The van der Waals surface area contributed by atoms with Crippen molar-refractivity contribution in [1.29, 1.82) is 0 Å². The van der Waals surface area contributed by atoms with Crippen molar-refractivity contribution >= 4 is 47.8 Å². The van der Waals surface area contributed by atoms with Crippen molar-refractivity contribution in [3.8, 4) is 0 Å². The number of unbranched alkanes of at least 4 members (excludes halogenated alkanes) is 28. The number of aliphatic carboxylic acids is 4. The molecular weight excluding hydrogens is 1190 g/mol. The summed E-state index contributed by atoms with van der Waals surface area (Å²) in [6, 6.07) is 38.6. The van der Waals surface area contributed by atoms with E-state index in [1.165, 1.54) is 0 Å². The second-order valence-electron chi connectivity index (χ2n) is 25.3. The lowest BCUT2D eigenvalue weighted by atomic mass is 9.77. The van der Waals surface area contributed by atoms with Crippen molar-refractivity contribution in [3.05, 3.63) is 144 Å². The van der Waals surface area contributed by atoms with E-state index < -0.39 is 46.6 Å². The number of benzene rings is 4. The van der Waals surface area contributed by atoms with Crippen molar-refractivity contribution in [2.45, 2.75) is 283 Å². The smallest absolute Gasteiger partial charge is 0.323 e. The van der Waals surface area contributed by atoms with Crippen molar-refractivity contribution in [2.75, 3.05) is 0 Å². The molecule has 4 aromatic carbocycles. The van der Waals surface area contributed by atoms with Gasteiger partial charge in [0.25, 0.3) is 0 Å². The van der Waals surface area contributed by atoms with Crippen molar-refractivity contribution in [1.82, 2.24) is 0 Å². The molecule has 0 amide bonds.